The zero-order valence-electron chi connectivity index (χ0n) is 13.7. The Morgan fingerprint density at radius 3 is 2.58 bits per heavy atom. The number of nitrogens with zero attached hydrogens (tertiary/aromatic N) is 2. The van der Waals surface area contributed by atoms with Crippen LogP contribution in [0, 0.1) is 0 Å². The zero-order chi connectivity index (χ0) is 16.8. The van der Waals surface area contributed by atoms with Crippen molar-refractivity contribution < 1.29 is 14.3 Å². The first-order valence-electron chi connectivity index (χ1n) is 8.03. The minimum atomic E-state index is -0.239. The summed E-state index contributed by atoms with van der Waals surface area (Å²) in [5.74, 6) is 1.85. The Morgan fingerprint density at radius 2 is 1.92 bits per heavy atom. The fourth-order valence-corrected chi connectivity index (χ4v) is 2.67. The van der Waals surface area contributed by atoms with Gasteiger partial charge in [-0.05, 0) is 37.1 Å². The van der Waals surface area contributed by atoms with Crippen LogP contribution in [0.15, 0.2) is 42.6 Å². The average Bonchev–Trinajstić information content (AvgIpc) is 3.15. The van der Waals surface area contributed by atoms with E-state index in [1.54, 1.807) is 25.4 Å². The number of carbonyl (C=O) groups is 1. The van der Waals surface area contributed by atoms with Crippen LogP contribution in [0.4, 0.5) is 11.5 Å². The average molecular weight is 327 g/mol. The maximum absolute atomic E-state index is 12.0. The second-order valence-electron chi connectivity index (χ2n) is 5.59. The normalized spacial score (nSPS) is 13.6. The number of ether oxygens (including phenoxy) is 2. The molecule has 3 rings (SSSR count). The van der Waals surface area contributed by atoms with Crippen LogP contribution in [0.2, 0.25) is 0 Å². The number of hydrogen-bond donors (Lipinski definition) is 1. The van der Waals surface area contributed by atoms with Gasteiger partial charge in [-0.3, -0.25) is 4.79 Å². The summed E-state index contributed by atoms with van der Waals surface area (Å²) < 4.78 is 10.7. The summed E-state index contributed by atoms with van der Waals surface area (Å²) in [6.07, 6.45) is 4.09. The Kier molecular flexibility index (Phi) is 5.15. The lowest BCUT2D eigenvalue weighted by Gasteiger charge is -2.16. The Bertz CT molecular complexity index is 682. The topological polar surface area (TPSA) is 63.7 Å². The molecule has 0 unspecified atom stereocenters. The summed E-state index contributed by atoms with van der Waals surface area (Å²) in [5, 5.41) is 2.78. The van der Waals surface area contributed by atoms with Crippen LogP contribution >= 0.6 is 0 Å². The lowest BCUT2D eigenvalue weighted by atomic mass is 10.3. The fraction of sp³-hybridized carbons (Fsp3) is 0.333. The van der Waals surface area contributed by atoms with Crippen LogP contribution in [0.1, 0.15) is 12.8 Å². The van der Waals surface area contributed by atoms with Gasteiger partial charge in [0.1, 0.15) is 5.82 Å². The number of rotatable bonds is 6. The predicted molar refractivity (Wildman–Crippen MR) is 92.8 cm³/mol. The van der Waals surface area contributed by atoms with Crippen molar-refractivity contribution in [3.63, 3.8) is 0 Å². The van der Waals surface area contributed by atoms with Crippen LogP contribution in [-0.2, 0) is 4.79 Å². The quantitative estimate of drug-likeness (QED) is 0.884. The second kappa shape index (κ2) is 7.68. The highest BCUT2D eigenvalue weighted by molar-refractivity contribution is 5.91. The first-order valence-corrected chi connectivity index (χ1v) is 8.03. The van der Waals surface area contributed by atoms with E-state index in [0.29, 0.717) is 17.2 Å². The molecule has 0 bridgehead atoms. The third-order valence-corrected chi connectivity index (χ3v) is 3.89. The molecule has 126 valence electrons. The summed E-state index contributed by atoms with van der Waals surface area (Å²) in [4.78, 5) is 18.7. The van der Waals surface area contributed by atoms with E-state index in [4.69, 9.17) is 9.47 Å². The van der Waals surface area contributed by atoms with Crippen LogP contribution < -0.4 is 19.7 Å². The van der Waals surface area contributed by atoms with Crippen molar-refractivity contribution in [3.05, 3.63) is 42.6 Å². The van der Waals surface area contributed by atoms with Crippen molar-refractivity contribution >= 4 is 17.4 Å². The van der Waals surface area contributed by atoms with Gasteiger partial charge in [-0.15, -0.1) is 0 Å². The molecule has 6 nitrogen and oxygen atoms in total. The summed E-state index contributed by atoms with van der Waals surface area (Å²) in [6.45, 7) is 2.01. The molecule has 1 aromatic heterocycles. The molecule has 1 aromatic carbocycles. The number of para-hydroxylation sites is 2. The number of hydrogen-bond acceptors (Lipinski definition) is 5. The molecule has 1 amide bonds. The molecule has 0 radical (unpaired) electrons. The highest BCUT2D eigenvalue weighted by Gasteiger charge is 2.13. The number of amides is 1. The Hall–Kier alpha value is -2.76. The Morgan fingerprint density at radius 1 is 1.17 bits per heavy atom. The minimum Gasteiger partial charge on any atom is -0.493 e. The SMILES string of the molecule is COc1ccccc1OCC(=O)Nc1ccc(N2CCCC2)nc1. The molecular formula is C18H21N3O3. The molecular weight excluding hydrogens is 306 g/mol. The molecule has 1 aliphatic heterocycles. The monoisotopic (exact) mass is 327 g/mol. The van der Waals surface area contributed by atoms with Gasteiger partial charge < -0.3 is 19.7 Å². The molecule has 1 fully saturated rings. The molecule has 6 heteroatoms. The Labute approximate surface area is 141 Å². The van der Waals surface area contributed by atoms with Gasteiger partial charge >= 0.3 is 0 Å². The highest BCUT2D eigenvalue weighted by atomic mass is 16.5. The summed E-state index contributed by atoms with van der Waals surface area (Å²) in [7, 11) is 1.57. The Balaban J connectivity index is 1.53. The van der Waals surface area contributed by atoms with Gasteiger partial charge in [-0.2, -0.15) is 0 Å². The molecule has 0 saturated carbocycles. The third-order valence-electron chi connectivity index (χ3n) is 3.89. The van der Waals surface area contributed by atoms with Gasteiger partial charge in [0.05, 0.1) is 19.0 Å². The van der Waals surface area contributed by atoms with E-state index in [0.717, 1.165) is 18.9 Å². The van der Waals surface area contributed by atoms with Gasteiger partial charge in [0.15, 0.2) is 18.1 Å². The number of carbonyl (C=O) groups excluding carboxylic acids is 1. The van der Waals surface area contributed by atoms with Crippen LogP contribution in [0.5, 0.6) is 11.5 Å². The van der Waals surface area contributed by atoms with Crippen molar-refractivity contribution in [1.29, 1.82) is 0 Å². The van der Waals surface area contributed by atoms with Gasteiger partial charge in [0.2, 0.25) is 0 Å². The first-order chi connectivity index (χ1) is 11.8. The molecule has 0 aliphatic carbocycles. The van der Waals surface area contributed by atoms with Gasteiger partial charge in [0.25, 0.3) is 5.91 Å². The smallest absolute Gasteiger partial charge is 0.262 e. The molecule has 24 heavy (non-hydrogen) atoms. The zero-order valence-corrected chi connectivity index (χ0v) is 13.7. The molecule has 1 N–H and O–H groups in total. The minimum absolute atomic E-state index is 0.0890. The maximum Gasteiger partial charge on any atom is 0.262 e. The lowest BCUT2D eigenvalue weighted by Crippen LogP contribution is -2.21. The van der Waals surface area contributed by atoms with E-state index in [1.165, 1.54) is 12.8 Å². The highest BCUT2D eigenvalue weighted by Crippen LogP contribution is 2.25. The standard InChI is InChI=1S/C18H21N3O3/c1-23-15-6-2-3-7-16(15)24-13-18(22)20-14-8-9-17(19-12-14)21-10-4-5-11-21/h2-3,6-9,12H,4-5,10-11,13H2,1H3,(H,20,22). The maximum atomic E-state index is 12.0. The number of anilines is 2. The molecule has 0 spiro atoms. The van der Waals surface area contributed by atoms with Crippen LogP contribution in [0.3, 0.4) is 0 Å². The number of pyridine rings is 1. The molecule has 0 atom stereocenters. The summed E-state index contributed by atoms with van der Waals surface area (Å²) in [5.41, 5.74) is 0.659. The van der Waals surface area contributed by atoms with Crippen molar-refractivity contribution in [2.45, 2.75) is 12.8 Å². The van der Waals surface area contributed by atoms with Crippen molar-refractivity contribution in [3.8, 4) is 11.5 Å². The van der Waals surface area contributed by atoms with E-state index in [9.17, 15) is 4.79 Å². The molecule has 1 saturated heterocycles. The van der Waals surface area contributed by atoms with Gasteiger partial charge in [0, 0.05) is 13.1 Å². The van der Waals surface area contributed by atoms with Crippen molar-refractivity contribution in [1.82, 2.24) is 4.98 Å². The van der Waals surface area contributed by atoms with E-state index < -0.39 is 0 Å². The largest absolute Gasteiger partial charge is 0.493 e. The van der Waals surface area contributed by atoms with E-state index >= 15 is 0 Å². The second-order valence-corrected chi connectivity index (χ2v) is 5.59. The fourth-order valence-electron chi connectivity index (χ4n) is 2.67. The van der Waals surface area contributed by atoms with Gasteiger partial charge in [-0.1, -0.05) is 12.1 Å². The first kappa shape index (κ1) is 16.1. The van der Waals surface area contributed by atoms with Crippen molar-refractivity contribution in [2.24, 2.45) is 0 Å². The van der Waals surface area contributed by atoms with Gasteiger partial charge in [-0.25, -0.2) is 4.98 Å². The molecule has 2 heterocycles. The van der Waals surface area contributed by atoms with E-state index in [1.807, 2.05) is 24.3 Å². The van der Waals surface area contributed by atoms with E-state index in [2.05, 4.69) is 15.2 Å². The van der Waals surface area contributed by atoms with Crippen LogP contribution in [-0.4, -0.2) is 37.7 Å². The third kappa shape index (κ3) is 3.95. The number of benzene rings is 1. The number of aromatic nitrogens is 1. The number of nitrogens with one attached hydrogen (secondary N) is 1. The van der Waals surface area contributed by atoms with Crippen LogP contribution in [0.25, 0.3) is 0 Å². The number of methoxy groups -OCH3 is 1. The summed E-state index contributed by atoms with van der Waals surface area (Å²) >= 11 is 0. The predicted octanol–water partition coefficient (Wildman–Crippen LogP) is 2.71. The van der Waals surface area contributed by atoms with E-state index in [-0.39, 0.29) is 12.5 Å². The lowest BCUT2D eigenvalue weighted by molar-refractivity contribution is -0.118. The van der Waals surface area contributed by atoms with Crippen molar-refractivity contribution in [2.75, 3.05) is 37.0 Å². The molecule has 1 aliphatic rings. The molecule has 2 aromatic rings. The summed E-state index contributed by atoms with van der Waals surface area (Å²) in [6, 6.07) is 11.0.